The summed E-state index contributed by atoms with van der Waals surface area (Å²) in [7, 11) is 0. The molecule has 2 heterocycles. The molecule has 0 unspecified atom stereocenters. The number of ether oxygens (including phenoxy) is 1. The molecule has 32 heavy (non-hydrogen) atoms. The second-order valence-corrected chi connectivity index (χ2v) is 8.93. The van der Waals surface area contributed by atoms with Gasteiger partial charge in [0.1, 0.15) is 0 Å². The Morgan fingerprint density at radius 1 is 1.25 bits per heavy atom. The second-order valence-electron chi connectivity index (χ2n) is 7.04. The summed E-state index contributed by atoms with van der Waals surface area (Å²) < 4.78 is 6.43. The summed E-state index contributed by atoms with van der Waals surface area (Å²) in [6.07, 6.45) is 2.02. The Labute approximate surface area is 200 Å². The standard InChI is InChI=1S/C21H22N4O4S2.ClH/c1-30-17-6-7-18-19(14-17)31-21(22-18)24(9-8-23-10-12-29-13-11-23)20(26)15-2-4-16(5-3-15)25(27)28;/h2-7,14H,8-13H2,1H3;1H. The average molecular weight is 495 g/mol. The molecule has 1 aromatic heterocycles. The molecule has 8 nitrogen and oxygen atoms in total. The van der Waals surface area contributed by atoms with Crippen LogP contribution in [0.4, 0.5) is 10.8 Å². The van der Waals surface area contributed by atoms with Crippen molar-refractivity contribution in [3.63, 3.8) is 0 Å². The zero-order valence-electron chi connectivity index (χ0n) is 17.4. The summed E-state index contributed by atoms with van der Waals surface area (Å²) in [5, 5.41) is 11.6. The van der Waals surface area contributed by atoms with Crippen LogP contribution in [0.3, 0.4) is 0 Å². The van der Waals surface area contributed by atoms with Crippen molar-refractivity contribution in [1.29, 1.82) is 0 Å². The predicted octanol–water partition coefficient (Wildman–Crippen LogP) is 4.33. The highest BCUT2D eigenvalue weighted by Crippen LogP contribution is 2.32. The molecular weight excluding hydrogens is 472 g/mol. The third-order valence-corrected chi connectivity index (χ3v) is 6.90. The first-order valence-electron chi connectivity index (χ1n) is 9.86. The molecule has 1 fully saturated rings. The van der Waals surface area contributed by atoms with E-state index in [0.29, 0.717) is 37.0 Å². The first kappa shape index (κ1) is 24.4. The average Bonchev–Trinajstić information content (AvgIpc) is 3.22. The number of hydrogen-bond acceptors (Lipinski definition) is 8. The number of carbonyl (C=O) groups excluding carboxylic acids is 1. The van der Waals surface area contributed by atoms with Crippen LogP contribution in [-0.4, -0.2) is 66.4 Å². The minimum absolute atomic E-state index is 0. The topological polar surface area (TPSA) is 88.8 Å². The van der Waals surface area contributed by atoms with Crippen LogP contribution in [0, 0.1) is 10.1 Å². The van der Waals surface area contributed by atoms with Gasteiger partial charge in [0.15, 0.2) is 5.13 Å². The number of nitrogens with zero attached hydrogens (tertiary/aromatic N) is 4. The minimum atomic E-state index is -0.471. The number of thiazole rings is 1. The number of aromatic nitrogens is 1. The molecule has 1 aliphatic rings. The van der Waals surface area contributed by atoms with Gasteiger partial charge in [0.05, 0.1) is 28.4 Å². The normalized spacial score (nSPS) is 14.2. The van der Waals surface area contributed by atoms with Gasteiger partial charge in [-0.2, -0.15) is 0 Å². The van der Waals surface area contributed by atoms with Crippen molar-refractivity contribution in [2.24, 2.45) is 0 Å². The molecule has 2 aromatic carbocycles. The number of benzene rings is 2. The molecule has 1 saturated heterocycles. The van der Waals surface area contributed by atoms with E-state index in [1.54, 1.807) is 16.7 Å². The summed E-state index contributed by atoms with van der Waals surface area (Å²) in [6, 6.07) is 11.8. The zero-order valence-corrected chi connectivity index (χ0v) is 19.9. The van der Waals surface area contributed by atoms with Crippen molar-refractivity contribution in [3.05, 3.63) is 58.1 Å². The first-order chi connectivity index (χ1) is 15.0. The summed E-state index contributed by atoms with van der Waals surface area (Å²) in [4.78, 5) is 33.6. The molecule has 0 aliphatic carbocycles. The van der Waals surface area contributed by atoms with Crippen molar-refractivity contribution >= 4 is 62.4 Å². The van der Waals surface area contributed by atoms with E-state index in [1.807, 2.05) is 18.4 Å². The lowest BCUT2D eigenvalue weighted by molar-refractivity contribution is -0.384. The fourth-order valence-electron chi connectivity index (χ4n) is 3.37. The fraction of sp³-hybridized carbons (Fsp3) is 0.333. The molecule has 1 amide bonds. The molecule has 0 saturated carbocycles. The first-order valence-corrected chi connectivity index (χ1v) is 11.9. The van der Waals surface area contributed by atoms with Gasteiger partial charge < -0.3 is 4.74 Å². The SMILES string of the molecule is CSc1ccc2nc(N(CCN3CCOCC3)C(=O)c3ccc([N+](=O)[O-])cc3)sc2c1.Cl. The number of halogens is 1. The fourth-order valence-corrected chi connectivity index (χ4v) is 4.91. The largest absolute Gasteiger partial charge is 0.379 e. The van der Waals surface area contributed by atoms with Crippen LogP contribution in [-0.2, 0) is 4.74 Å². The number of anilines is 1. The van der Waals surface area contributed by atoms with Gasteiger partial charge >= 0.3 is 0 Å². The van der Waals surface area contributed by atoms with Gasteiger partial charge in [-0.05, 0) is 36.6 Å². The van der Waals surface area contributed by atoms with Crippen molar-refractivity contribution in [2.75, 3.05) is 50.5 Å². The summed E-state index contributed by atoms with van der Waals surface area (Å²) in [5.74, 6) is -0.215. The van der Waals surface area contributed by atoms with Gasteiger partial charge in [-0.15, -0.1) is 24.2 Å². The van der Waals surface area contributed by atoms with Crippen LogP contribution < -0.4 is 4.90 Å². The molecule has 0 bridgehead atoms. The number of amides is 1. The summed E-state index contributed by atoms with van der Waals surface area (Å²) >= 11 is 3.14. The van der Waals surface area contributed by atoms with E-state index in [0.717, 1.165) is 28.2 Å². The molecule has 4 rings (SSSR count). The van der Waals surface area contributed by atoms with E-state index >= 15 is 0 Å². The van der Waals surface area contributed by atoms with Crippen molar-refractivity contribution in [2.45, 2.75) is 4.90 Å². The van der Waals surface area contributed by atoms with Crippen molar-refractivity contribution in [1.82, 2.24) is 9.88 Å². The number of hydrogen-bond donors (Lipinski definition) is 0. The molecule has 0 radical (unpaired) electrons. The molecular formula is C21H23ClN4O4S2. The van der Waals surface area contributed by atoms with E-state index in [1.165, 1.54) is 35.6 Å². The number of morpholine rings is 1. The Balaban J connectivity index is 0.00000289. The van der Waals surface area contributed by atoms with Crippen LogP contribution >= 0.6 is 35.5 Å². The smallest absolute Gasteiger partial charge is 0.269 e. The molecule has 11 heteroatoms. The lowest BCUT2D eigenvalue weighted by atomic mass is 10.2. The highest BCUT2D eigenvalue weighted by atomic mass is 35.5. The summed E-state index contributed by atoms with van der Waals surface area (Å²) in [6.45, 7) is 4.22. The molecule has 0 atom stereocenters. The van der Waals surface area contributed by atoms with Gasteiger partial charge in [-0.3, -0.25) is 24.7 Å². The lowest BCUT2D eigenvalue weighted by Gasteiger charge is -2.29. The Morgan fingerprint density at radius 2 is 1.97 bits per heavy atom. The quantitative estimate of drug-likeness (QED) is 0.274. The highest BCUT2D eigenvalue weighted by Gasteiger charge is 2.23. The molecule has 0 spiro atoms. The number of non-ortho nitro benzene ring substituents is 1. The Hall–Kier alpha value is -2.24. The van der Waals surface area contributed by atoms with Crippen LogP contribution in [0.1, 0.15) is 10.4 Å². The van der Waals surface area contributed by atoms with Crippen LogP contribution in [0.25, 0.3) is 10.2 Å². The van der Waals surface area contributed by atoms with Gasteiger partial charge in [0.25, 0.3) is 11.6 Å². The second kappa shape index (κ2) is 11.1. The lowest BCUT2D eigenvalue weighted by Crippen LogP contribution is -2.43. The van der Waals surface area contributed by atoms with Crippen LogP contribution in [0.2, 0.25) is 0 Å². The third kappa shape index (κ3) is 5.57. The predicted molar refractivity (Wildman–Crippen MR) is 131 cm³/mol. The monoisotopic (exact) mass is 494 g/mol. The number of thioether (sulfide) groups is 1. The summed E-state index contributed by atoms with van der Waals surface area (Å²) in [5.41, 5.74) is 1.21. The van der Waals surface area contributed by atoms with E-state index < -0.39 is 4.92 Å². The number of fused-ring (bicyclic) bond motifs is 1. The molecule has 0 N–H and O–H groups in total. The van der Waals surface area contributed by atoms with Gasteiger partial charge in [0.2, 0.25) is 0 Å². The number of rotatable bonds is 7. The minimum Gasteiger partial charge on any atom is -0.379 e. The Morgan fingerprint density at radius 3 is 2.62 bits per heavy atom. The Bertz CT molecular complexity index is 1090. The number of nitro benzene ring substituents is 1. The van der Waals surface area contributed by atoms with Crippen LogP contribution in [0.5, 0.6) is 0 Å². The van der Waals surface area contributed by atoms with E-state index in [2.05, 4.69) is 11.0 Å². The maximum Gasteiger partial charge on any atom is 0.269 e. The van der Waals surface area contributed by atoms with Crippen molar-refractivity contribution in [3.8, 4) is 0 Å². The Kier molecular flexibility index (Phi) is 8.44. The van der Waals surface area contributed by atoms with E-state index in [-0.39, 0.29) is 24.0 Å². The van der Waals surface area contributed by atoms with E-state index in [9.17, 15) is 14.9 Å². The third-order valence-electron chi connectivity index (χ3n) is 5.13. The van der Waals surface area contributed by atoms with E-state index in [4.69, 9.17) is 9.72 Å². The highest BCUT2D eigenvalue weighted by molar-refractivity contribution is 7.98. The molecule has 3 aromatic rings. The van der Waals surface area contributed by atoms with Gasteiger partial charge in [0, 0.05) is 48.8 Å². The molecule has 1 aliphatic heterocycles. The maximum atomic E-state index is 13.4. The van der Waals surface area contributed by atoms with Gasteiger partial charge in [-0.1, -0.05) is 11.3 Å². The van der Waals surface area contributed by atoms with Gasteiger partial charge in [-0.25, -0.2) is 4.98 Å². The zero-order chi connectivity index (χ0) is 21.8. The van der Waals surface area contributed by atoms with Crippen molar-refractivity contribution < 1.29 is 14.5 Å². The number of nitro groups is 1. The van der Waals surface area contributed by atoms with Crippen LogP contribution in [0.15, 0.2) is 47.4 Å². The number of carbonyl (C=O) groups is 1. The molecule has 170 valence electrons. The maximum absolute atomic E-state index is 13.4.